The van der Waals surface area contributed by atoms with E-state index in [0.29, 0.717) is 12.2 Å². The van der Waals surface area contributed by atoms with Crippen LogP contribution in [0.2, 0.25) is 0 Å². The lowest BCUT2D eigenvalue weighted by Crippen LogP contribution is -2.25. The third-order valence-corrected chi connectivity index (χ3v) is 6.21. The van der Waals surface area contributed by atoms with E-state index < -0.39 is 0 Å². The number of rotatable bonds is 7. The van der Waals surface area contributed by atoms with Crippen LogP contribution < -0.4 is 4.74 Å². The van der Waals surface area contributed by atoms with Crippen LogP contribution in [0.1, 0.15) is 61.4 Å². The summed E-state index contributed by atoms with van der Waals surface area (Å²) in [5, 5.41) is 24.8. The summed E-state index contributed by atoms with van der Waals surface area (Å²) in [6.45, 7) is 4.21. The summed E-state index contributed by atoms with van der Waals surface area (Å²) in [7, 11) is 1.45. The van der Waals surface area contributed by atoms with Gasteiger partial charge >= 0.3 is 0 Å². The van der Waals surface area contributed by atoms with Gasteiger partial charge in [0.2, 0.25) is 0 Å². The van der Waals surface area contributed by atoms with Crippen LogP contribution in [-0.4, -0.2) is 23.1 Å². The summed E-state index contributed by atoms with van der Waals surface area (Å²) in [6, 6.07) is 4.81. The largest absolute Gasteiger partial charge is 0.507 e. The minimum Gasteiger partial charge on any atom is -0.507 e. The number of hydrogen-bond donors (Lipinski definition) is 2. The van der Waals surface area contributed by atoms with Crippen LogP contribution in [0.5, 0.6) is 17.2 Å². The molecule has 0 saturated carbocycles. The average Bonchev–Trinajstić information content (AvgIpc) is 3.21. The first-order chi connectivity index (χ1) is 13.9. The van der Waals surface area contributed by atoms with E-state index in [-0.39, 0.29) is 34.7 Å². The Bertz CT molecular complexity index is 897. The van der Waals surface area contributed by atoms with E-state index in [1.165, 1.54) is 30.4 Å². The standard InChI is InChI=1S/C24H28O4S/c1-15(2)5-4-6-16-7-8-19(20(11-16)17-9-10-29-14-17)24(27)23-21(25)12-18(28-3)13-22(23)26/h5,7,9-10,12-14,19-20,25-26H,4,6,8,11H2,1-3H3/t19-,20+/m1/s1. The molecule has 5 heteroatoms. The minimum atomic E-state index is -0.318. The maximum absolute atomic E-state index is 13.4. The van der Waals surface area contributed by atoms with Gasteiger partial charge in [0, 0.05) is 18.1 Å². The Morgan fingerprint density at radius 3 is 2.59 bits per heavy atom. The van der Waals surface area contributed by atoms with Crippen molar-refractivity contribution >= 4 is 17.1 Å². The van der Waals surface area contributed by atoms with Crippen molar-refractivity contribution in [2.45, 2.75) is 45.4 Å². The minimum absolute atomic E-state index is 0.0163. The predicted molar refractivity (Wildman–Crippen MR) is 117 cm³/mol. The Morgan fingerprint density at radius 1 is 1.28 bits per heavy atom. The van der Waals surface area contributed by atoms with Crippen LogP contribution in [0, 0.1) is 5.92 Å². The van der Waals surface area contributed by atoms with E-state index in [2.05, 4.69) is 37.4 Å². The lowest BCUT2D eigenvalue weighted by Gasteiger charge is -2.30. The van der Waals surface area contributed by atoms with Crippen LogP contribution in [0.3, 0.4) is 0 Å². The number of hydrogen-bond acceptors (Lipinski definition) is 5. The fourth-order valence-electron chi connectivity index (χ4n) is 3.98. The molecule has 0 saturated heterocycles. The summed E-state index contributed by atoms with van der Waals surface area (Å²) >= 11 is 1.62. The van der Waals surface area contributed by atoms with Crippen molar-refractivity contribution in [2.75, 3.05) is 7.11 Å². The average molecular weight is 413 g/mol. The molecule has 2 atom stereocenters. The van der Waals surface area contributed by atoms with Crippen molar-refractivity contribution in [3.05, 3.63) is 63.4 Å². The first-order valence-corrected chi connectivity index (χ1v) is 10.8. The normalized spacial score (nSPS) is 18.8. The molecule has 0 spiro atoms. The topological polar surface area (TPSA) is 66.8 Å². The second kappa shape index (κ2) is 9.31. The number of phenolic OH excluding ortho intramolecular Hbond substituents is 2. The van der Waals surface area contributed by atoms with Crippen molar-refractivity contribution < 1.29 is 19.7 Å². The number of allylic oxidation sites excluding steroid dienone is 4. The number of ether oxygens (including phenoxy) is 1. The summed E-state index contributed by atoms with van der Waals surface area (Å²) in [6.07, 6.45) is 7.83. The molecule has 3 rings (SSSR count). The fraction of sp³-hybridized carbons (Fsp3) is 0.375. The lowest BCUT2D eigenvalue weighted by molar-refractivity contribution is 0.0889. The SMILES string of the molecule is COc1cc(O)c(C(=O)[C@@H]2CC=C(CCC=C(C)C)C[C@H]2c2ccsc2)c(O)c1. The zero-order valence-corrected chi connectivity index (χ0v) is 18.0. The van der Waals surface area contributed by atoms with Gasteiger partial charge in [-0.05, 0) is 67.8 Å². The Hall–Kier alpha value is -2.53. The van der Waals surface area contributed by atoms with Gasteiger partial charge in [-0.1, -0.05) is 23.3 Å². The maximum atomic E-state index is 13.4. The molecule has 154 valence electrons. The Balaban J connectivity index is 1.89. The highest BCUT2D eigenvalue weighted by Gasteiger charge is 2.35. The number of carbonyl (C=O) groups excluding carboxylic acids is 1. The zero-order valence-electron chi connectivity index (χ0n) is 17.1. The van der Waals surface area contributed by atoms with Crippen LogP contribution in [-0.2, 0) is 0 Å². The second-order valence-corrected chi connectivity index (χ2v) is 8.58. The van der Waals surface area contributed by atoms with E-state index in [0.717, 1.165) is 24.8 Å². The molecule has 0 fully saturated rings. The highest BCUT2D eigenvalue weighted by atomic mass is 32.1. The lowest BCUT2D eigenvalue weighted by atomic mass is 9.72. The van der Waals surface area contributed by atoms with E-state index >= 15 is 0 Å². The summed E-state index contributed by atoms with van der Waals surface area (Å²) < 4.78 is 5.06. The Morgan fingerprint density at radius 2 is 2.00 bits per heavy atom. The van der Waals surface area contributed by atoms with E-state index in [4.69, 9.17) is 4.74 Å². The van der Waals surface area contributed by atoms with Crippen molar-refractivity contribution in [2.24, 2.45) is 5.92 Å². The van der Waals surface area contributed by atoms with Gasteiger partial charge in [0.25, 0.3) is 0 Å². The molecule has 0 unspecified atom stereocenters. The maximum Gasteiger partial charge on any atom is 0.174 e. The van der Waals surface area contributed by atoms with Crippen LogP contribution >= 0.6 is 11.3 Å². The third kappa shape index (κ3) is 4.91. The number of Topliss-reactive ketones (excluding diaryl/α,β-unsaturated/α-hetero) is 1. The van der Waals surface area contributed by atoms with Gasteiger partial charge in [0.05, 0.1) is 7.11 Å². The molecule has 0 aliphatic heterocycles. The Labute approximate surface area is 176 Å². The molecule has 1 aromatic heterocycles. The predicted octanol–water partition coefficient (Wildman–Crippen LogP) is 6.22. The Kier molecular flexibility index (Phi) is 6.80. The number of ketones is 1. The number of thiophene rings is 1. The van der Waals surface area contributed by atoms with E-state index in [1.54, 1.807) is 11.3 Å². The number of phenols is 2. The number of benzene rings is 1. The van der Waals surface area contributed by atoms with Crippen molar-refractivity contribution in [3.63, 3.8) is 0 Å². The molecule has 1 aliphatic carbocycles. The van der Waals surface area contributed by atoms with Crippen molar-refractivity contribution in [1.82, 2.24) is 0 Å². The van der Waals surface area contributed by atoms with Gasteiger partial charge in [-0.3, -0.25) is 4.79 Å². The number of carbonyl (C=O) groups is 1. The molecule has 29 heavy (non-hydrogen) atoms. The molecule has 1 aromatic carbocycles. The molecule has 2 N–H and O–H groups in total. The quantitative estimate of drug-likeness (QED) is 0.419. The smallest absolute Gasteiger partial charge is 0.174 e. The van der Waals surface area contributed by atoms with Gasteiger partial charge in [-0.25, -0.2) is 0 Å². The number of methoxy groups -OCH3 is 1. The van der Waals surface area contributed by atoms with Gasteiger partial charge in [-0.2, -0.15) is 11.3 Å². The van der Waals surface area contributed by atoms with Gasteiger partial charge in [0.1, 0.15) is 22.8 Å². The molecule has 2 aromatic rings. The fourth-order valence-corrected chi connectivity index (χ4v) is 4.71. The molecule has 0 amide bonds. The first kappa shape index (κ1) is 21.2. The summed E-state index contributed by atoms with van der Waals surface area (Å²) in [5.74, 6) is -0.665. The molecule has 0 radical (unpaired) electrons. The molecule has 4 nitrogen and oxygen atoms in total. The van der Waals surface area contributed by atoms with Crippen LogP contribution in [0.4, 0.5) is 0 Å². The first-order valence-electron chi connectivity index (χ1n) is 9.88. The molecule has 1 heterocycles. The molecule has 0 bridgehead atoms. The van der Waals surface area contributed by atoms with Crippen molar-refractivity contribution in [1.29, 1.82) is 0 Å². The summed E-state index contributed by atoms with van der Waals surface area (Å²) in [4.78, 5) is 13.4. The van der Waals surface area contributed by atoms with Crippen LogP contribution in [0.15, 0.2) is 52.3 Å². The van der Waals surface area contributed by atoms with E-state index in [1.807, 2.05) is 5.38 Å². The molecular formula is C24H28O4S. The van der Waals surface area contributed by atoms with Gasteiger partial charge < -0.3 is 14.9 Å². The van der Waals surface area contributed by atoms with E-state index in [9.17, 15) is 15.0 Å². The monoisotopic (exact) mass is 412 g/mol. The van der Waals surface area contributed by atoms with Crippen molar-refractivity contribution in [3.8, 4) is 17.2 Å². The second-order valence-electron chi connectivity index (χ2n) is 7.80. The van der Waals surface area contributed by atoms with Crippen LogP contribution in [0.25, 0.3) is 0 Å². The summed E-state index contributed by atoms with van der Waals surface area (Å²) in [5.41, 5.74) is 3.81. The zero-order chi connectivity index (χ0) is 21.0. The number of aromatic hydroxyl groups is 2. The van der Waals surface area contributed by atoms with Gasteiger partial charge in [0.15, 0.2) is 5.78 Å². The highest BCUT2D eigenvalue weighted by Crippen LogP contribution is 2.44. The highest BCUT2D eigenvalue weighted by molar-refractivity contribution is 7.08. The molecule has 1 aliphatic rings. The third-order valence-electron chi connectivity index (χ3n) is 5.51. The molecular weight excluding hydrogens is 384 g/mol. The van der Waals surface area contributed by atoms with Gasteiger partial charge in [-0.15, -0.1) is 0 Å².